The largest absolute Gasteiger partial charge is 0.435 e. The van der Waals surface area contributed by atoms with E-state index in [2.05, 4.69) is 21.5 Å². The Kier molecular flexibility index (Phi) is 4.83. The number of carbonyl (C=O) groups is 1. The van der Waals surface area contributed by atoms with Gasteiger partial charge in [0.15, 0.2) is 5.69 Å². The zero-order valence-corrected chi connectivity index (χ0v) is 17.8. The zero-order valence-electron chi connectivity index (χ0n) is 17.8. The van der Waals surface area contributed by atoms with Crippen LogP contribution in [0, 0.1) is 6.92 Å². The molecule has 168 valence electrons. The Labute approximate surface area is 182 Å². The molecule has 5 rings (SSSR count). The summed E-state index contributed by atoms with van der Waals surface area (Å²) in [5.41, 5.74) is 3.47. The average Bonchev–Trinajstić information content (AvgIpc) is 3.35. The van der Waals surface area contributed by atoms with E-state index < -0.39 is 17.8 Å². The van der Waals surface area contributed by atoms with Crippen LogP contribution in [0.15, 0.2) is 24.3 Å². The molecule has 1 saturated carbocycles. The van der Waals surface area contributed by atoms with E-state index in [9.17, 15) is 18.0 Å². The normalized spacial score (nSPS) is 18.5. The van der Waals surface area contributed by atoms with E-state index >= 15 is 0 Å². The summed E-state index contributed by atoms with van der Waals surface area (Å²) in [4.78, 5) is 17.4. The number of halogens is 3. The minimum absolute atomic E-state index is 0.131. The van der Waals surface area contributed by atoms with Gasteiger partial charge in [0.2, 0.25) is 0 Å². The van der Waals surface area contributed by atoms with Gasteiger partial charge in [0.1, 0.15) is 5.69 Å². The van der Waals surface area contributed by atoms with E-state index in [1.807, 2.05) is 23.7 Å². The summed E-state index contributed by atoms with van der Waals surface area (Å²) in [6, 6.07) is 6.48. The van der Waals surface area contributed by atoms with Crippen LogP contribution < -0.4 is 5.32 Å². The molecule has 7 nitrogen and oxygen atoms in total. The van der Waals surface area contributed by atoms with Crippen LogP contribution in [-0.2, 0) is 19.8 Å². The van der Waals surface area contributed by atoms with Gasteiger partial charge in [-0.25, -0.2) is 0 Å². The highest BCUT2D eigenvalue weighted by atomic mass is 19.4. The standard InChI is InChI=1S/C22H23F3N6O/c1-12-8-14(9-16(26-12)13-5-6-13)17-10-18-15(4-3-7-31(18)28-17)27-21(32)19-11-20(22(23,24)25)29-30(19)2/h8-11,13,15H,3-7H2,1-2H3,(H,27,32). The molecule has 1 atom stereocenters. The summed E-state index contributed by atoms with van der Waals surface area (Å²) in [5, 5.41) is 11.0. The maximum atomic E-state index is 13.0. The van der Waals surface area contributed by atoms with Crippen molar-refractivity contribution >= 4 is 5.91 Å². The minimum Gasteiger partial charge on any atom is -0.342 e. The SMILES string of the molecule is Cc1cc(-c2cc3n(n2)CCCC3NC(=O)c2cc(C(F)(F)F)nn2C)cc(C2CC2)n1. The summed E-state index contributed by atoms with van der Waals surface area (Å²) in [5.74, 6) is -0.0640. The molecule has 0 spiro atoms. The third kappa shape index (κ3) is 3.89. The lowest BCUT2D eigenvalue weighted by Crippen LogP contribution is -2.33. The molecule has 32 heavy (non-hydrogen) atoms. The van der Waals surface area contributed by atoms with Crippen LogP contribution >= 0.6 is 0 Å². The lowest BCUT2D eigenvalue weighted by molar-refractivity contribution is -0.141. The van der Waals surface area contributed by atoms with Crippen LogP contribution in [0.2, 0.25) is 0 Å². The number of carbonyl (C=O) groups excluding carboxylic acids is 1. The molecule has 0 radical (unpaired) electrons. The predicted octanol–water partition coefficient (Wildman–Crippen LogP) is 4.15. The quantitative estimate of drug-likeness (QED) is 0.656. The Morgan fingerprint density at radius 3 is 2.59 bits per heavy atom. The second-order valence-corrected chi connectivity index (χ2v) is 8.58. The molecule has 3 aromatic heterocycles. The first-order valence-corrected chi connectivity index (χ1v) is 10.7. The van der Waals surface area contributed by atoms with Crippen molar-refractivity contribution in [3.63, 3.8) is 0 Å². The van der Waals surface area contributed by atoms with Crippen molar-refractivity contribution in [1.29, 1.82) is 0 Å². The number of amides is 1. The Morgan fingerprint density at radius 2 is 1.91 bits per heavy atom. The molecule has 4 heterocycles. The number of alkyl halides is 3. The summed E-state index contributed by atoms with van der Waals surface area (Å²) in [6.45, 7) is 2.70. The van der Waals surface area contributed by atoms with Crippen molar-refractivity contribution in [3.05, 3.63) is 52.7 Å². The van der Waals surface area contributed by atoms with Gasteiger partial charge < -0.3 is 5.32 Å². The molecule has 1 fully saturated rings. The van der Waals surface area contributed by atoms with Gasteiger partial charge in [-0.3, -0.25) is 19.1 Å². The molecule has 10 heteroatoms. The molecular weight excluding hydrogens is 421 g/mol. The minimum atomic E-state index is -4.60. The van der Waals surface area contributed by atoms with Gasteiger partial charge in [-0.1, -0.05) is 0 Å². The first-order chi connectivity index (χ1) is 15.2. The molecule has 1 aliphatic carbocycles. The van der Waals surface area contributed by atoms with Gasteiger partial charge in [-0.2, -0.15) is 23.4 Å². The third-order valence-electron chi connectivity index (χ3n) is 6.00. The lowest BCUT2D eigenvalue weighted by atomic mass is 10.0. The van der Waals surface area contributed by atoms with Crippen LogP contribution in [-0.4, -0.2) is 30.5 Å². The fourth-order valence-corrected chi connectivity index (χ4v) is 4.25. The van der Waals surface area contributed by atoms with Crippen molar-refractivity contribution in [2.24, 2.45) is 7.05 Å². The molecule has 0 bridgehead atoms. The molecule has 1 N–H and O–H groups in total. The first-order valence-electron chi connectivity index (χ1n) is 10.7. The monoisotopic (exact) mass is 444 g/mol. The molecule has 0 aromatic carbocycles. The summed E-state index contributed by atoms with van der Waals surface area (Å²) in [7, 11) is 1.33. The number of nitrogens with one attached hydrogen (secondary N) is 1. The van der Waals surface area contributed by atoms with Crippen LogP contribution in [0.4, 0.5) is 13.2 Å². The van der Waals surface area contributed by atoms with E-state index in [0.29, 0.717) is 12.3 Å². The Bertz CT molecular complexity index is 1190. The summed E-state index contributed by atoms with van der Waals surface area (Å²) in [6.07, 6.45) is -0.789. The number of pyridine rings is 1. The fraction of sp³-hybridized carbons (Fsp3) is 0.455. The van der Waals surface area contributed by atoms with E-state index in [1.165, 1.54) is 7.05 Å². The zero-order chi connectivity index (χ0) is 22.6. The molecule has 3 aromatic rings. The van der Waals surface area contributed by atoms with Gasteiger partial charge in [-0.15, -0.1) is 0 Å². The Morgan fingerprint density at radius 1 is 1.12 bits per heavy atom. The summed E-state index contributed by atoms with van der Waals surface area (Å²) >= 11 is 0. The molecule has 1 amide bonds. The number of nitrogens with zero attached hydrogens (tertiary/aromatic N) is 5. The van der Waals surface area contributed by atoms with Crippen LogP contribution in [0.1, 0.15) is 70.9 Å². The van der Waals surface area contributed by atoms with Gasteiger partial charge >= 0.3 is 6.18 Å². The molecule has 1 unspecified atom stereocenters. The highest BCUT2D eigenvalue weighted by Crippen LogP contribution is 2.40. The fourth-order valence-electron chi connectivity index (χ4n) is 4.25. The number of rotatable bonds is 4. The van der Waals surface area contributed by atoms with Crippen LogP contribution in [0.3, 0.4) is 0 Å². The molecule has 0 saturated heterocycles. The maximum Gasteiger partial charge on any atom is 0.435 e. The van der Waals surface area contributed by atoms with E-state index in [1.54, 1.807) is 0 Å². The molecule has 2 aliphatic rings. The van der Waals surface area contributed by atoms with Gasteiger partial charge in [-0.05, 0) is 50.8 Å². The number of hydrogen-bond acceptors (Lipinski definition) is 4. The third-order valence-corrected chi connectivity index (χ3v) is 6.00. The smallest absolute Gasteiger partial charge is 0.342 e. The van der Waals surface area contributed by atoms with Crippen molar-refractivity contribution in [1.82, 2.24) is 29.9 Å². The second kappa shape index (κ2) is 7.46. The van der Waals surface area contributed by atoms with Crippen LogP contribution in [0.25, 0.3) is 11.3 Å². The van der Waals surface area contributed by atoms with Gasteiger partial charge in [0, 0.05) is 42.5 Å². The number of fused-ring (bicyclic) bond motifs is 1. The predicted molar refractivity (Wildman–Crippen MR) is 110 cm³/mol. The van der Waals surface area contributed by atoms with Gasteiger partial charge in [0.25, 0.3) is 5.91 Å². The van der Waals surface area contributed by atoms with Crippen molar-refractivity contribution in [2.45, 2.75) is 57.3 Å². The number of hydrogen-bond donors (Lipinski definition) is 1. The molecule has 1 aliphatic heterocycles. The van der Waals surface area contributed by atoms with Crippen LogP contribution in [0.5, 0.6) is 0 Å². The number of aryl methyl sites for hydroxylation is 3. The number of aromatic nitrogens is 5. The Balaban J connectivity index is 1.41. The second-order valence-electron chi connectivity index (χ2n) is 8.58. The van der Waals surface area contributed by atoms with Crippen molar-refractivity contribution < 1.29 is 18.0 Å². The molecular formula is C22H23F3N6O. The average molecular weight is 444 g/mol. The summed E-state index contributed by atoms with van der Waals surface area (Å²) < 4.78 is 41.7. The van der Waals surface area contributed by atoms with E-state index in [-0.39, 0.29) is 11.7 Å². The van der Waals surface area contributed by atoms with Crippen molar-refractivity contribution in [3.8, 4) is 11.3 Å². The van der Waals surface area contributed by atoms with E-state index in [4.69, 9.17) is 5.10 Å². The highest BCUT2D eigenvalue weighted by molar-refractivity contribution is 5.93. The van der Waals surface area contributed by atoms with Gasteiger partial charge in [0.05, 0.1) is 17.4 Å². The Hall–Kier alpha value is -3.17. The van der Waals surface area contributed by atoms with E-state index in [0.717, 1.165) is 64.9 Å². The topological polar surface area (TPSA) is 77.6 Å². The highest BCUT2D eigenvalue weighted by Gasteiger charge is 2.36. The maximum absolute atomic E-state index is 13.0. The lowest BCUT2D eigenvalue weighted by Gasteiger charge is -2.24. The van der Waals surface area contributed by atoms with Crippen molar-refractivity contribution in [2.75, 3.05) is 0 Å². The first kappa shape index (κ1) is 20.7.